The first-order valence-corrected chi connectivity index (χ1v) is 7.27. The lowest BCUT2D eigenvalue weighted by atomic mass is 10.3. The summed E-state index contributed by atoms with van der Waals surface area (Å²) in [5.41, 5.74) is 0. The van der Waals surface area contributed by atoms with Crippen LogP contribution < -0.4 is 18.9 Å². The third kappa shape index (κ3) is 3.75. The topological polar surface area (TPSA) is 83.1 Å². The zero-order chi connectivity index (χ0) is 15.2. The van der Waals surface area contributed by atoms with Gasteiger partial charge in [-0.3, -0.25) is 0 Å². The fourth-order valence-corrected chi connectivity index (χ4v) is 2.90. The first-order chi connectivity index (χ1) is 9.50. The van der Waals surface area contributed by atoms with E-state index in [9.17, 15) is 8.42 Å². The molecule has 0 aromatic heterocycles. The summed E-state index contributed by atoms with van der Waals surface area (Å²) in [4.78, 5) is -0.0700. The van der Waals surface area contributed by atoms with E-state index in [0.717, 1.165) is 0 Å². The third-order valence-electron chi connectivity index (χ3n) is 2.54. The van der Waals surface area contributed by atoms with Gasteiger partial charge in [-0.05, 0) is 0 Å². The minimum Gasteiger partial charge on any atom is -0.496 e. The van der Waals surface area contributed by atoms with Crippen LogP contribution in [-0.4, -0.2) is 50.0 Å². The zero-order valence-corrected chi connectivity index (χ0v) is 12.7. The number of ether oxygens (including phenoxy) is 4. The van der Waals surface area contributed by atoms with E-state index in [2.05, 4.69) is 4.72 Å². The van der Waals surface area contributed by atoms with Gasteiger partial charge in [0.1, 0.15) is 17.2 Å². The van der Waals surface area contributed by atoms with Crippen LogP contribution >= 0.6 is 0 Å². The summed E-state index contributed by atoms with van der Waals surface area (Å²) in [6, 6.07) is 2.96. The minimum atomic E-state index is -3.78. The SMILES string of the molecule is COCCNS(=O)(=O)c1c(OC)cc(OC)cc1OC. The van der Waals surface area contributed by atoms with Crippen LogP contribution in [0.4, 0.5) is 0 Å². The highest BCUT2D eigenvalue weighted by molar-refractivity contribution is 7.89. The molecule has 1 rings (SSSR count). The van der Waals surface area contributed by atoms with Crippen molar-refractivity contribution in [3.05, 3.63) is 12.1 Å². The van der Waals surface area contributed by atoms with Gasteiger partial charge in [0, 0.05) is 25.8 Å². The predicted octanol–water partition coefficient (Wildman–Crippen LogP) is 0.637. The Hall–Kier alpha value is -1.51. The van der Waals surface area contributed by atoms with Crippen molar-refractivity contribution in [1.82, 2.24) is 4.72 Å². The molecule has 7 nitrogen and oxygen atoms in total. The minimum absolute atomic E-state index is 0.0700. The molecule has 20 heavy (non-hydrogen) atoms. The number of methoxy groups -OCH3 is 4. The maximum Gasteiger partial charge on any atom is 0.248 e. The summed E-state index contributed by atoms with van der Waals surface area (Å²) in [6.07, 6.45) is 0. The Morgan fingerprint density at radius 2 is 1.55 bits per heavy atom. The lowest BCUT2D eigenvalue weighted by Gasteiger charge is -2.15. The first kappa shape index (κ1) is 16.5. The van der Waals surface area contributed by atoms with Gasteiger partial charge in [0.15, 0.2) is 4.90 Å². The van der Waals surface area contributed by atoms with E-state index in [4.69, 9.17) is 18.9 Å². The van der Waals surface area contributed by atoms with Crippen molar-refractivity contribution < 1.29 is 27.4 Å². The molecule has 0 aliphatic rings. The molecule has 0 saturated heterocycles. The van der Waals surface area contributed by atoms with Crippen LogP contribution in [0.1, 0.15) is 0 Å². The quantitative estimate of drug-likeness (QED) is 0.710. The molecule has 0 fully saturated rings. The molecule has 0 heterocycles. The highest BCUT2D eigenvalue weighted by Gasteiger charge is 2.25. The lowest BCUT2D eigenvalue weighted by Crippen LogP contribution is -2.28. The van der Waals surface area contributed by atoms with Crippen molar-refractivity contribution in [2.45, 2.75) is 4.90 Å². The van der Waals surface area contributed by atoms with E-state index < -0.39 is 10.0 Å². The Morgan fingerprint density at radius 3 is 1.95 bits per heavy atom. The predicted molar refractivity (Wildman–Crippen MR) is 73.2 cm³/mol. The maximum absolute atomic E-state index is 12.3. The molecule has 0 unspecified atom stereocenters. The van der Waals surface area contributed by atoms with Gasteiger partial charge >= 0.3 is 0 Å². The van der Waals surface area contributed by atoms with E-state index in [1.807, 2.05) is 0 Å². The molecule has 1 aromatic carbocycles. The zero-order valence-electron chi connectivity index (χ0n) is 11.9. The monoisotopic (exact) mass is 305 g/mol. The fraction of sp³-hybridized carbons (Fsp3) is 0.500. The van der Waals surface area contributed by atoms with Crippen molar-refractivity contribution in [2.24, 2.45) is 0 Å². The van der Waals surface area contributed by atoms with Crippen molar-refractivity contribution in [1.29, 1.82) is 0 Å². The Balaban J connectivity index is 3.27. The number of hydrogen-bond acceptors (Lipinski definition) is 6. The number of benzene rings is 1. The molecule has 0 aliphatic carbocycles. The van der Waals surface area contributed by atoms with E-state index in [1.54, 1.807) is 0 Å². The average Bonchev–Trinajstić information content (AvgIpc) is 2.45. The van der Waals surface area contributed by atoms with Gasteiger partial charge in [-0.1, -0.05) is 0 Å². The first-order valence-electron chi connectivity index (χ1n) is 5.78. The molecule has 0 spiro atoms. The van der Waals surface area contributed by atoms with E-state index >= 15 is 0 Å². The molecular formula is C12H19NO6S. The van der Waals surface area contributed by atoms with Crippen LogP contribution in [0.2, 0.25) is 0 Å². The molecule has 0 atom stereocenters. The third-order valence-corrected chi connectivity index (χ3v) is 4.06. The summed E-state index contributed by atoms with van der Waals surface area (Å²) < 4.78 is 47.1. The van der Waals surface area contributed by atoms with Crippen LogP contribution in [0.15, 0.2) is 17.0 Å². The summed E-state index contributed by atoms with van der Waals surface area (Å²) in [5.74, 6) is 0.728. The molecule has 0 aliphatic heterocycles. The number of sulfonamides is 1. The van der Waals surface area contributed by atoms with Crippen molar-refractivity contribution >= 4 is 10.0 Å². The lowest BCUT2D eigenvalue weighted by molar-refractivity contribution is 0.204. The standard InChI is InChI=1S/C12H19NO6S/c1-16-6-5-13-20(14,15)12-10(18-3)7-9(17-2)8-11(12)19-4/h7-8,13H,5-6H2,1-4H3. The fourth-order valence-electron chi connectivity index (χ4n) is 1.59. The second-order valence-corrected chi connectivity index (χ2v) is 5.46. The number of rotatable bonds is 8. The second kappa shape index (κ2) is 7.32. The molecule has 1 N–H and O–H groups in total. The number of hydrogen-bond donors (Lipinski definition) is 1. The van der Waals surface area contributed by atoms with Crippen LogP contribution in [-0.2, 0) is 14.8 Å². The smallest absolute Gasteiger partial charge is 0.248 e. The van der Waals surface area contributed by atoms with Crippen LogP contribution in [0.25, 0.3) is 0 Å². The van der Waals surface area contributed by atoms with Gasteiger partial charge in [0.05, 0.1) is 27.9 Å². The van der Waals surface area contributed by atoms with Crippen LogP contribution in [0.3, 0.4) is 0 Å². The Kier molecular flexibility index (Phi) is 6.05. The van der Waals surface area contributed by atoms with Gasteiger partial charge in [-0.2, -0.15) is 0 Å². The summed E-state index contributed by atoms with van der Waals surface area (Å²) >= 11 is 0. The van der Waals surface area contributed by atoms with Crippen molar-refractivity contribution in [2.75, 3.05) is 41.6 Å². The average molecular weight is 305 g/mol. The molecular weight excluding hydrogens is 286 g/mol. The van der Waals surface area contributed by atoms with Crippen molar-refractivity contribution in [3.8, 4) is 17.2 Å². The van der Waals surface area contributed by atoms with Crippen molar-refractivity contribution in [3.63, 3.8) is 0 Å². The Morgan fingerprint density at radius 1 is 1.00 bits per heavy atom. The van der Waals surface area contributed by atoms with E-state index in [-0.39, 0.29) is 29.5 Å². The molecule has 0 saturated carbocycles. The Labute approximate surface area is 118 Å². The molecule has 0 bridgehead atoms. The Bertz CT molecular complexity index is 518. The van der Waals surface area contributed by atoms with Gasteiger partial charge in [0.2, 0.25) is 10.0 Å². The molecule has 8 heteroatoms. The van der Waals surface area contributed by atoms with E-state index in [1.165, 1.54) is 40.6 Å². The van der Waals surface area contributed by atoms with Crippen LogP contribution in [0.5, 0.6) is 17.2 Å². The summed E-state index contributed by atoms with van der Waals surface area (Å²) in [6.45, 7) is 0.414. The second-order valence-electron chi connectivity index (χ2n) is 3.75. The van der Waals surface area contributed by atoms with Gasteiger partial charge in [-0.15, -0.1) is 0 Å². The van der Waals surface area contributed by atoms with E-state index in [0.29, 0.717) is 5.75 Å². The van der Waals surface area contributed by atoms with Gasteiger partial charge < -0.3 is 18.9 Å². The van der Waals surface area contributed by atoms with Gasteiger partial charge in [0.25, 0.3) is 0 Å². The summed E-state index contributed by atoms with van der Waals surface area (Å²) in [5, 5.41) is 0. The molecule has 114 valence electrons. The normalized spacial score (nSPS) is 11.2. The largest absolute Gasteiger partial charge is 0.496 e. The maximum atomic E-state index is 12.3. The van der Waals surface area contributed by atoms with Gasteiger partial charge in [-0.25, -0.2) is 13.1 Å². The van der Waals surface area contributed by atoms with Crippen LogP contribution in [0, 0.1) is 0 Å². The highest BCUT2D eigenvalue weighted by atomic mass is 32.2. The molecule has 0 radical (unpaired) electrons. The number of nitrogens with one attached hydrogen (secondary N) is 1. The summed E-state index contributed by atoms with van der Waals surface area (Å²) in [7, 11) is 1.94. The molecule has 1 aromatic rings. The molecule has 0 amide bonds. The highest BCUT2D eigenvalue weighted by Crippen LogP contribution is 2.37.